The maximum atomic E-state index is 12.6. The van der Waals surface area contributed by atoms with E-state index in [0.29, 0.717) is 6.54 Å². The van der Waals surface area contributed by atoms with Crippen LogP contribution in [0.1, 0.15) is 38.2 Å². The molecule has 1 atom stereocenters. The highest BCUT2D eigenvalue weighted by molar-refractivity contribution is 6.40. The molecular formula is C21H33N5O4. The Bertz CT molecular complexity index is 681. The van der Waals surface area contributed by atoms with Gasteiger partial charge in [-0.2, -0.15) is 0 Å². The number of hydrazine groups is 1. The fourth-order valence-corrected chi connectivity index (χ4v) is 2.69. The van der Waals surface area contributed by atoms with E-state index in [-0.39, 0.29) is 25.4 Å². The van der Waals surface area contributed by atoms with Crippen LogP contribution in [0, 0.1) is 0 Å². The van der Waals surface area contributed by atoms with Crippen molar-refractivity contribution in [2.75, 3.05) is 26.2 Å². The maximum absolute atomic E-state index is 12.6. The number of carbonyl (C=O) groups excluding carboxylic acids is 4. The van der Waals surface area contributed by atoms with Gasteiger partial charge in [-0.1, -0.05) is 56.5 Å². The Morgan fingerprint density at radius 3 is 2.33 bits per heavy atom. The lowest BCUT2D eigenvalue weighted by atomic mass is 10.0. The smallest absolute Gasteiger partial charge is 0.235 e. The number of rotatable bonds is 16. The molecule has 0 aliphatic rings. The first-order valence-electron chi connectivity index (χ1n) is 10.3. The third-order valence-corrected chi connectivity index (χ3v) is 4.38. The zero-order valence-electron chi connectivity index (χ0n) is 17.5. The molecule has 1 aromatic carbocycles. The van der Waals surface area contributed by atoms with Gasteiger partial charge < -0.3 is 16.4 Å². The summed E-state index contributed by atoms with van der Waals surface area (Å²) in [6, 6.07) is 8.31. The number of hydrogen-bond donors (Lipinski definition) is 5. The summed E-state index contributed by atoms with van der Waals surface area (Å²) in [5.74, 6) is -2.15. The molecule has 0 aliphatic heterocycles. The molecule has 0 saturated heterocycles. The van der Waals surface area contributed by atoms with Gasteiger partial charge >= 0.3 is 0 Å². The Labute approximate surface area is 177 Å². The quantitative estimate of drug-likeness (QED) is 0.139. The summed E-state index contributed by atoms with van der Waals surface area (Å²) < 4.78 is 0. The summed E-state index contributed by atoms with van der Waals surface area (Å²) in [4.78, 5) is 47.9. The third kappa shape index (κ3) is 10.8. The maximum Gasteiger partial charge on any atom is 0.235 e. The van der Waals surface area contributed by atoms with E-state index >= 15 is 0 Å². The predicted molar refractivity (Wildman–Crippen MR) is 114 cm³/mol. The van der Waals surface area contributed by atoms with Gasteiger partial charge in [-0.25, -0.2) is 10.9 Å². The molecule has 9 nitrogen and oxygen atoms in total. The molecule has 0 spiro atoms. The normalized spacial score (nSPS) is 11.5. The van der Waals surface area contributed by atoms with Crippen molar-refractivity contribution in [1.82, 2.24) is 21.5 Å². The van der Waals surface area contributed by atoms with Crippen LogP contribution in [0.2, 0.25) is 0 Å². The van der Waals surface area contributed by atoms with Gasteiger partial charge in [0.15, 0.2) is 0 Å². The van der Waals surface area contributed by atoms with Crippen molar-refractivity contribution in [3.8, 4) is 0 Å². The van der Waals surface area contributed by atoms with E-state index < -0.39 is 30.1 Å². The topological polar surface area (TPSA) is 142 Å². The first-order valence-corrected chi connectivity index (χ1v) is 10.3. The number of unbranched alkanes of at least 4 members (excludes halogenated alkanes) is 3. The van der Waals surface area contributed by atoms with Crippen molar-refractivity contribution in [2.24, 2.45) is 5.73 Å². The summed E-state index contributed by atoms with van der Waals surface area (Å²) in [5, 5.41) is 5.10. The van der Waals surface area contributed by atoms with E-state index in [4.69, 9.17) is 5.73 Å². The highest BCUT2D eigenvalue weighted by Gasteiger charge is 2.25. The van der Waals surface area contributed by atoms with Crippen LogP contribution >= 0.6 is 0 Å². The molecule has 0 aromatic heterocycles. The third-order valence-electron chi connectivity index (χ3n) is 4.38. The zero-order chi connectivity index (χ0) is 22.2. The average Bonchev–Trinajstić information content (AvgIpc) is 2.76. The molecule has 30 heavy (non-hydrogen) atoms. The van der Waals surface area contributed by atoms with Gasteiger partial charge in [0.2, 0.25) is 23.4 Å². The molecule has 1 rings (SSSR count). The van der Waals surface area contributed by atoms with Crippen LogP contribution in [0.5, 0.6) is 0 Å². The van der Waals surface area contributed by atoms with E-state index in [1.54, 1.807) is 0 Å². The first-order chi connectivity index (χ1) is 14.5. The lowest BCUT2D eigenvalue weighted by Crippen LogP contribution is -2.53. The lowest BCUT2D eigenvalue weighted by molar-refractivity contribution is -0.138. The fourth-order valence-electron chi connectivity index (χ4n) is 2.69. The highest BCUT2D eigenvalue weighted by atomic mass is 16.2. The molecule has 1 aromatic rings. The number of hydrogen-bond acceptors (Lipinski definition) is 7. The number of amides is 2. The molecule has 166 valence electrons. The molecule has 9 heteroatoms. The Kier molecular flexibility index (Phi) is 12.9. The van der Waals surface area contributed by atoms with Crippen LogP contribution in [0.4, 0.5) is 0 Å². The number of benzene rings is 1. The van der Waals surface area contributed by atoms with Gasteiger partial charge in [0.25, 0.3) is 0 Å². The largest absolute Gasteiger partial charge is 0.355 e. The van der Waals surface area contributed by atoms with Crippen molar-refractivity contribution in [3.05, 3.63) is 35.9 Å². The van der Waals surface area contributed by atoms with E-state index in [1.807, 2.05) is 30.3 Å². The van der Waals surface area contributed by atoms with Crippen LogP contribution in [0.25, 0.3) is 0 Å². The Balaban J connectivity index is 2.55. The van der Waals surface area contributed by atoms with Gasteiger partial charge in [-0.05, 0) is 18.4 Å². The lowest BCUT2D eigenvalue weighted by Gasteiger charge is -2.18. The molecule has 0 heterocycles. The average molecular weight is 420 g/mol. The summed E-state index contributed by atoms with van der Waals surface area (Å²) in [6.07, 6.45) is 4.51. The van der Waals surface area contributed by atoms with Gasteiger partial charge in [0.05, 0.1) is 25.7 Å². The molecule has 0 unspecified atom stereocenters. The van der Waals surface area contributed by atoms with E-state index in [2.05, 4.69) is 28.4 Å². The summed E-state index contributed by atoms with van der Waals surface area (Å²) >= 11 is 0. The monoisotopic (exact) mass is 419 g/mol. The van der Waals surface area contributed by atoms with Crippen LogP contribution in [0.3, 0.4) is 0 Å². The van der Waals surface area contributed by atoms with Gasteiger partial charge in [0, 0.05) is 6.54 Å². The van der Waals surface area contributed by atoms with Crippen LogP contribution in [-0.2, 0) is 25.6 Å². The number of carbonyl (C=O) groups is 4. The summed E-state index contributed by atoms with van der Waals surface area (Å²) in [7, 11) is 0. The minimum Gasteiger partial charge on any atom is -0.355 e. The van der Waals surface area contributed by atoms with Crippen molar-refractivity contribution >= 4 is 23.4 Å². The fraction of sp³-hybridized carbons (Fsp3) is 0.524. The molecule has 2 amide bonds. The van der Waals surface area contributed by atoms with Crippen LogP contribution in [0.15, 0.2) is 30.3 Å². The SMILES string of the molecule is CCCCCCNC(=O)CNN[C@@H](Cc1ccccc1)C(=O)C(=O)CNC(=O)CN. The number of nitrogens with one attached hydrogen (secondary N) is 4. The van der Waals surface area contributed by atoms with Crippen molar-refractivity contribution < 1.29 is 19.2 Å². The molecule has 0 fully saturated rings. The molecule has 0 bridgehead atoms. The summed E-state index contributed by atoms with van der Waals surface area (Å²) in [5.41, 5.74) is 11.5. The van der Waals surface area contributed by atoms with Crippen LogP contribution < -0.4 is 27.2 Å². The molecule has 0 saturated carbocycles. The Hall–Kier alpha value is -2.62. The standard InChI is InChI=1S/C21H33N5O4/c1-2-3-4-8-11-23-20(29)15-25-26-17(12-16-9-6-5-7-10-16)21(30)18(27)14-24-19(28)13-22/h5-7,9-10,17,25-26H,2-4,8,11-15,22H2,1H3,(H,23,29)(H,24,28)/t17-/m0/s1. The second-order valence-electron chi connectivity index (χ2n) is 6.92. The predicted octanol–water partition coefficient (Wildman–Crippen LogP) is -0.398. The van der Waals surface area contributed by atoms with Gasteiger partial charge in [0.1, 0.15) is 0 Å². The van der Waals surface area contributed by atoms with E-state index in [1.165, 1.54) is 0 Å². The molecule has 0 aliphatic carbocycles. The number of Topliss-reactive ketones (excluding diaryl/α,β-unsaturated/α-hetero) is 2. The van der Waals surface area contributed by atoms with E-state index in [0.717, 1.165) is 31.2 Å². The Morgan fingerprint density at radius 1 is 0.933 bits per heavy atom. The highest BCUT2D eigenvalue weighted by Crippen LogP contribution is 2.04. The summed E-state index contributed by atoms with van der Waals surface area (Å²) in [6.45, 7) is 2.01. The number of ketones is 2. The molecular weight excluding hydrogens is 386 g/mol. The van der Waals surface area contributed by atoms with Crippen molar-refractivity contribution in [1.29, 1.82) is 0 Å². The van der Waals surface area contributed by atoms with Gasteiger partial charge in [-0.15, -0.1) is 0 Å². The minimum atomic E-state index is -0.882. The van der Waals surface area contributed by atoms with E-state index in [9.17, 15) is 19.2 Å². The van der Waals surface area contributed by atoms with Crippen molar-refractivity contribution in [2.45, 2.75) is 45.1 Å². The Morgan fingerprint density at radius 2 is 1.67 bits per heavy atom. The molecule has 0 radical (unpaired) electrons. The van der Waals surface area contributed by atoms with Crippen LogP contribution in [-0.4, -0.2) is 55.6 Å². The second-order valence-corrected chi connectivity index (χ2v) is 6.92. The first kappa shape index (κ1) is 25.4. The van der Waals surface area contributed by atoms with Crippen molar-refractivity contribution in [3.63, 3.8) is 0 Å². The van der Waals surface area contributed by atoms with Gasteiger partial charge in [-0.3, -0.25) is 19.2 Å². The molecule has 6 N–H and O–H groups in total. The zero-order valence-corrected chi connectivity index (χ0v) is 17.5. The second kappa shape index (κ2) is 15.3. The minimum absolute atomic E-state index is 0.0373. The number of nitrogens with two attached hydrogens (primary N) is 1.